The Morgan fingerprint density at radius 3 is 2.80 bits per heavy atom. The molecular formula is C17H16N2O. The Morgan fingerprint density at radius 1 is 1.15 bits per heavy atom. The number of rotatable bonds is 4. The summed E-state index contributed by atoms with van der Waals surface area (Å²) in [7, 11) is 0. The number of benzene rings is 2. The smallest absolute Gasteiger partial charge is 0.202 e. The van der Waals surface area contributed by atoms with Gasteiger partial charge in [0.25, 0.3) is 0 Å². The molecule has 0 amide bonds. The van der Waals surface area contributed by atoms with Gasteiger partial charge in [-0.1, -0.05) is 42.5 Å². The molecule has 0 unspecified atom stereocenters. The van der Waals surface area contributed by atoms with Gasteiger partial charge in [-0.2, -0.15) is 0 Å². The highest BCUT2D eigenvalue weighted by atomic mass is 16.1. The highest BCUT2D eigenvalue weighted by molar-refractivity contribution is 5.97. The van der Waals surface area contributed by atoms with Gasteiger partial charge in [-0.15, -0.1) is 0 Å². The molecule has 0 fully saturated rings. The Kier molecular flexibility index (Phi) is 3.33. The van der Waals surface area contributed by atoms with E-state index in [2.05, 4.69) is 23.2 Å². The molecular weight excluding hydrogens is 248 g/mol. The van der Waals surface area contributed by atoms with Crippen molar-refractivity contribution in [2.45, 2.75) is 19.9 Å². The fourth-order valence-corrected chi connectivity index (χ4v) is 2.52. The van der Waals surface area contributed by atoms with E-state index in [0.29, 0.717) is 12.2 Å². The molecule has 0 aliphatic carbocycles. The Bertz CT molecular complexity index is 753. The third-order valence-corrected chi connectivity index (χ3v) is 3.54. The van der Waals surface area contributed by atoms with Gasteiger partial charge in [0, 0.05) is 25.4 Å². The first-order valence-corrected chi connectivity index (χ1v) is 6.80. The van der Waals surface area contributed by atoms with Crippen molar-refractivity contribution < 1.29 is 4.79 Å². The lowest BCUT2D eigenvalue weighted by molar-refractivity contribution is 0.0979. The number of aromatic nitrogens is 2. The van der Waals surface area contributed by atoms with Gasteiger partial charge in [0.15, 0.2) is 5.82 Å². The zero-order valence-electron chi connectivity index (χ0n) is 11.4. The van der Waals surface area contributed by atoms with Crippen LogP contribution in [0.1, 0.15) is 23.1 Å². The molecule has 0 aliphatic rings. The Labute approximate surface area is 117 Å². The molecule has 0 radical (unpaired) electrons. The quantitative estimate of drug-likeness (QED) is 0.676. The van der Waals surface area contributed by atoms with Crippen LogP contribution in [0.2, 0.25) is 0 Å². The molecule has 0 saturated carbocycles. The van der Waals surface area contributed by atoms with Gasteiger partial charge in [-0.3, -0.25) is 4.79 Å². The lowest BCUT2D eigenvalue weighted by Gasteiger charge is -2.07. The van der Waals surface area contributed by atoms with Crippen LogP contribution in [0, 0.1) is 0 Å². The first kappa shape index (κ1) is 12.6. The normalized spacial score (nSPS) is 10.8. The third-order valence-electron chi connectivity index (χ3n) is 3.54. The summed E-state index contributed by atoms with van der Waals surface area (Å²) in [5.74, 6) is 0.605. The topological polar surface area (TPSA) is 34.9 Å². The van der Waals surface area contributed by atoms with E-state index in [-0.39, 0.29) is 5.78 Å². The zero-order valence-corrected chi connectivity index (χ0v) is 11.4. The molecule has 3 heteroatoms. The summed E-state index contributed by atoms with van der Waals surface area (Å²) in [6.45, 7) is 2.77. The summed E-state index contributed by atoms with van der Waals surface area (Å²) in [6, 6.07) is 14.2. The highest BCUT2D eigenvalue weighted by Gasteiger charge is 2.13. The fraction of sp³-hybridized carbons (Fsp3) is 0.176. The largest absolute Gasteiger partial charge is 0.329 e. The predicted octanol–water partition coefficient (Wildman–Crippen LogP) is 3.48. The SMILES string of the molecule is CCn1ccnc1C(=O)Cc1cccc2ccccc12. The molecule has 3 aromatic rings. The molecule has 1 heterocycles. The van der Waals surface area contributed by atoms with E-state index >= 15 is 0 Å². The summed E-state index contributed by atoms with van der Waals surface area (Å²) in [4.78, 5) is 16.6. The number of carbonyl (C=O) groups excluding carboxylic acids is 1. The molecule has 20 heavy (non-hydrogen) atoms. The number of Topliss-reactive ketones (excluding diaryl/α,β-unsaturated/α-hetero) is 1. The first-order valence-electron chi connectivity index (χ1n) is 6.80. The third kappa shape index (κ3) is 2.23. The van der Waals surface area contributed by atoms with Crippen LogP contribution in [0.15, 0.2) is 54.9 Å². The molecule has 3 nitrogen and oxygen atoms in total. The van der Waals surface area contributed by atoms with Crippen LogP contribution in [0.25, 0.3) is 10.8 Å². The van der Waals surface area contributed by atoms with Crippen molar-refractivity contribution >= 4 is 16.6 Å². The molecule has 0 aliphatic heterocycles. The van der Waals surface area contributed by atoms with Crippen molar-refractivity contribution in [1.29, 1.82) is 0 Å². The Morgan fingerprint density at radius 2 is 1.95 bits per heavy atom. The molecule has 0 spiro atoms. The predicted molar refractivity (Wildman–Crippen MR) is 79.9 cm³/mol. The van der Waals surface area contributed by atoms with E-state index in [1.165, 1.54) is 0 Å². The maximum absolute atomic E-state index is 12.4. The molecule has 0 atom stereocenters. The monoisotopic (exact) mass is 264 g/mol. The maximum atomic E-state index is 12.4. The van der Waals surface area contributed by atoms with Crippen LogP contribution in [0.5, 0.6) is 0 Å². The first-order chi connectivity index (χ1) is 9.79. The minimum atomic E-state index is 0.0632. The summed E-state index contributed by atoms with van der Waals surface area (Å²) >= 11 is 0. The molecule has 0 saturated heterocycles. The number of aryl methyl sites for hydroxylation is 1. The van der Waals surface area contributed by atoms with E-state index < -0.39 is 0 Å². The van der Waals surface area contributed by atoms with Gasteiger partial charge in [-0.05, 0) is 23.3 Å². The van der Waals surface area contributed by atoms with Crippen LogP contribution in [0.3, 0.4) is 0 Å². The van der Waals surface area contributed by atoms with Gasteiger partial charge in [-0.25, -0.2) is 4.98 Å². The van der Waals surface area contributed by atoms with E-state index in [1.807, 2.05) is 42.0 Å². The molecule has 2 aromatic carbocycles. The Hall–Kier alpha value is -2.42. The number of ketones is 1. The zero-order chi connectivity index (χ0) is 13.9. The van der Waals surface area contributed by atoms with Gasteiger partial charge >= 0.3 is 0 Å². The summed E-state index contributed by atoms with van der Waals surface area (Å²) in [5.41, 5.74) is 1.05. The van der Waals surface area contributed by atoms with E-state index in [4.69, 9.17) is 0 Å². The van der Waals surface area contributed by atoms with Crippen molar-refractivity contribution in [3.05, 3.63) is 66.2 Å². The standard InChI is InChI=1S/C17H16N2O/c1-2-19-11-10-18-17(19)16(20)12-14-8-5-7-13-6-3-4-9-15(13)14/h3-11H,2,12H2,1H3. The van der Waals surface area contributed by atoms with Crippen LogP contribution in [0.4, 0.5) is 0 Å². The van der Waals surface area contributed by atoms with Crippen LogP contribution < -0.4 is 0 Å². The second-order valence-corrected chi connectivity index (χ2v) is 4.78. The van der Waals surface area contributed by atoms with Crippen molar-refractivity contribution in [2.75, 3.05) is 0 Å². The second-order valence-electron chi connectivity index (χ2n) is 4.78. The minimum Gasteiger partial charge on any atom is -0.329 e. The molecule has 3 rings (SSSR count). The van der Waals surface area contributed by atoms with E-state index in [9.17, 15) is 4.79 Å². The van der Waals surface area contributed by atoms with Crippen molar-refractivity contribution in [3.63, 3.8) is 0 Å². The minimum absolute atomic E-state index is 0.0632. The van der Waals surface area contributed by atoms with E-state index in [1.54, 1.807) is 6.20 Å². The molecule has 0 bridgehead atoms. The van der Waals surface area contributed by atoms with Gasteiger partial charge in [0.05, 0.1) is 0 Å². The maximum Gasteiger partial charge on any atom is 0.202 e. The average Bonchev–Trinajstić information content (AvgIpc) is 2.96. The number of hydrogen-bond acceptors (Lipinski definition) is 2. The van der Waals surface area contributed by atoms with Gasteiger partial charge in [0.2, 0.25) is 5.78 Å². The summed E-state index contributed by atoms with van der Waals surface area (Å²) in [5, 5.41) is 2.30. The van der Waals surface area contributed by atoms with Crippen LogP contribution >= 0.6 is 0 Å². The number of imidazole rings is 1. The number of hydrogen-bond donors (Lipinski definition) is 0. The van der Waals surface area contributed by atoms with E-state index in [0.717, 1.165) is 22.9 Å². The Balaban J connectivity index is 1.96. The average molecular weight is 264 g/mol. The van der Waals surface area contributed by atoms with Crippen LogP contribution in [-0.2, 0) is 13.0 Å². The second kappa shape index (κ2) is 5.29. The lowest BCUT2D eigenvalue weighted by atomic mass is 10.0. The summed E-state index contributed by atoms with van der Waals surface area (Å²) in [6.07, 6.45) is 3.91. The molecule has 1 aromatic heterocycles. The summed E-state index contributed by atoms with van der Waals surface area (Å²) < 4.78 is 1.88. The lowest BCUT2D eigenvalue weighted by Crippen LogP contribution is -2.12. The number of nitrogens with zero attached hydrogens (tertiary/aromatic N) is 2. The van der Waals surface area contributed by atoms with Crippen LogP contribution in [-0.4, -0.2) is 15.3 Å². The molecule has 100 valence electrons. The van der Waals surface area contributed by atoms with Crippen molar-refractivity contribution in [3.8, 4) is 0 Å². The van der Waals surface area contributed by atoms with Gasteiger partial charge in [0.1, 0.15) is 0 Å². The fourth-order valence-electron chi connectivity index (χ4n) is 2.52. The van der Waals surface area contributed by atoms with Crippen molar-refractivity contribution in [2.24, 2.45) is 0 Å². The molecule has 0 N–H and O–H groups in total. The van der Waals surface area contributed by atoms with Gasteiger partial charge < -0.3 is 4.57 Å². The van der Waals surface area contributed by atoms with Crippen molar-refractivity contribution in [1.82, 2.24) is 9.55 Å². The highest BCUT2D eigenvalue weighted by Crippen LogP contribution is 2.20. The number of fused-ring (bicyclic) bond motifs is 1. The number of carbonyl (C=O) groups is 1.